The molecule has 2 aromatic rings. The van der Waals surface area contributed by atoms with Gasteiger partial charge in [0.1, 0.15) is 5.82 Å². The summed E-state index contributed by atoms with van der Waals surface area (Å²) >= 11 is 0. The fourth-order valence-electron chi connectivity index (χ4n) is 1.85. The van der Waals surface area contributed by atoms with Crippen LogP contribution >= 0.6 is 0 Å². The van der Waals surface area contributed by atoms with Gasteiger partial charge in [-0.25, -0.2) is 4.39 Å². The fraction of sp³-hybridized carbons (Fsp3) is 0.133. The summed E-state index contributed by atoms with van der Waals surface area (Å²) in [5.74, 6) is 0.235. The molecule has 0 fully saturated rings. The molecule has 0 atom stereocenters. The molecule has 0 heterocycles. The predicted octanol–water partition coefficient (Wildman–Crippen LogP) is 3.20. The van der Waals surface area contributed by atoms with Crippen molar-refractivity contribution in [2.75, 3.05) is 19.6 Å². The lowest BCUT2D eigenvalue weighted by Crippen LogP contribution is -2.00. The van der Waals surface area contributed by atoms with Crippen LogP contribution in [0.5, 0.6) is 11.5 Å². The Bertz CT molecular complexity index is 732. The first-order valence-electron chi connectivity index (χ1n) is 6.50. The van der Waals surface area contributed by atoms with E-state index in [0.29, 0.717) is 11.4 Å². The van der Waals surface area contributed by atoms with Crippen molar-refractivity contribution in [1.29, 1.82) is 0 Å². The van der Waals surface area contributed by atoms with Gasteiger partial charge in [-0.3, -0.25) is 15.5 Å². The summed E-state index contributed by atoms with van der Waals surface area (Å²) in [6.45, 7) is 0. The quantitative estimate of drug-likeness (QED) is 0.502. The van der Waals surface area contributed by atoms with E-state index in [-0.39, 0.29) is 22.8 Å². The smallest absolute Gasteiger partial charge is 0.282 e. The zero-order valence-corrected chi connectivity index (χ0v) is 12.4. The average molecular weight is 319 g/mol. The van der Waals surface area contributed by atoms with Gasteiger partial charge in [0.15, 0.2) is 11.5 Å². The standard InChI is InChI=1S/C15H14FN3O4/c1-22-14-7-10(13(19(20)21)8-15(14)23-2)9-17-18-12-5-3-11(16)4-6-12/h3-9,18H,1-2H3/b17-9-. The molecule has 7 nitrogen and oxygen atoms in total. The zero-order chi connectivity index (χ0) is 16.8. The highest BCUT2D eigenvalue weighted by Gasteiger charge is 2.18. The van der Waals surface area contributed by atoms with Gasteiger partial charge in [-0.15, -0.1) is 0 Å². The molecule has 0 aliphatic rings. The number of rotatable bonds is 6. The number of halogens is 1. The second-order valence-corrected chi connectivity index (χ2v) is 4.40. The number of nitrogens with zero attached hydrogens (tertiary/aromatic N) is 2. The molecular formula is C15H14FN3O4. The number of hydrogen-bond donors (Lipinski definition) is 1. The summed E-state index contributed by atoms with van der Waals surface area (Å²) in [5, 5.41) is 15.1. The lowest BCUT2D eigenvalue weighted by molar-refractivity contribution is -0.385. The van der Waals surface area contributed by atoms with Gasteiger partial charge in [0, 0.05) is 0 Å². The first-order valence-corrected chi connectivity index (χ1v) is 6.50. The van der Waals surface area contributed by atoms with Crippen LogP contribution in [0.3, 0.4) is 0 Å². The molecule has 1 N–H and O–H groups in total. The highest BCUT2D eigenvalue weighted by molar-refractivity contribution is 5.87. The summed E-state index contributed by atoms with van der Waals surface area (Å²) in [5.41, 5.74) is 3.27. The van der Waals surface area contributed by atoms with Crippen molar-refractivity contribution < 1.29 is 18.8 Å². The Morgan fingerprint density at radius 1 is 1.17 bits per heavy atom. The minimum Gasteiger partial charge on any atom is -0.493 e. The van der Waals surface area contributed by atoms with Crippen LogP contribution in [0.15, 0.2) is 41.5 Å². The minimum atomic E-state index is -0.540. The minimum absolute atomic E-state index is 0.174. The lowest BCUT2D eigenvalue weighted by Gasteiger charge is -2.08. The van der Waals surface area contributed by atoms with Crippen LogP contribution in [-0.2, 0) is 0 Å². The summed E-state index contributed by atoms with van der Waals surface area (Å²) in [6, 6.07) is 8.25. The van der Waals surface area contributed by atoms with Crippen LogP contribution in [-0.4, -0.2) is 25.4 Å². The molecular weight excluding hydrogens is 305 g/mol. The maximum Gasteiger partial charge on any atom is 0.282 e. The monoisotopic (exact) mass is 319 g/mol. The van der Waals surface area contributed by atoms with Gasteiger partial charge >= 0.3 is 0 Å². The number of benzene rings is 2. The molecule has 0 amide bonds. The number of nitro benzene ring substituents is 1. The van der Waals surface area contributed by atoms with Crippen LogP contribution in [0.4, 0.5) is 15.8 Å². The van der Waals surface area contributed by atoms with Gasteiger partial charge in [0.25, 0.3) is 5.69 Å². The van der Waals surface area contributed by atoms with E-state index in [0.717, 1.165) is 0 Å². The first kappa shape index (κ1) is 16.2. The molecule has 0 aliphatic carbocycles. The van der Waals surface area contributed by atoms with E-state index < -0.39 is 4.92 Å². The van der Waals surface area contributed by atoms with Crippen molar-refractivity contribution in [3.05, 3.63) is 57.9 Å². The Morgan fingerprint density at radius 2 is 1.78 bits per heavy atom. The molecule has 0 saturated heterocycles. The number of anilines is 1. The number of hydrazone groups is 1. The summed E-state index contributed by atoms with van der Waals surface area (Å²) in [7, 11) is 2.83. The van der Waals surface area contributed by atoms with E-state index in [1.807, 2.05) is 0 Å². The molecule has 2 aromatic carbocycles. The fourth-order valence-corrected chi connectivity index (χ4v) is 1.85. The first-order chi connectivity index (χ1) is 11.0. The Labute approximate surface area is 131 Å². The van der Waals surface area contributed by atoms with Crippen molar-refractivity contribution in [3.8, 4) is 11.5 Å². The Kier molecular flexibility index (Phi) is 5.08. The third-order valence-corrected chi connectivity index (χ3v) is 2.97. The molecule has 2 rings (SSSR count). The van der Waals surface area contributed by atoms with E-state index in [4.69, 9.17) is 9.47 Å². The molecule has 0 aromatic heterocycles. The van der Waals surface area contributed by atoms with Gasteiger partial charge < -0.3 is 9.47 Å². The molecule has 120 valence electrons. The highest BCUT2D eigenvalue weighted by Crippen LogP contribution is 2.33. The zero-order valence-electron chi connectivity index (χ0n) is 12.4. The molecule has 0 spiro atoms. The van der Waals surface area contributed by atoms with Gasteiger partial charge in [-0.05, 0) is 30.3 Å². The Morgan fingerprint density at radius 3 is 2.35 bits per heavy atom. The average Bonchev–Trinajstić information content (AvgIpc) is 2.55. The number of ether oxygens (including phenoxy) is 2. The van der Waals surface area contributed by atoms with Crippen molar-refractivity contribution >= 4 is 17.6 Å². The van der Waals surface area contributed by atoms with Crippen LogP contribution in [0, 0.1) is 15.9 Å². The molecule has 0 saturated carbocycles. The van der Waals surface area contributed by atoms with Crippen LogP contribution in [0.1, 0.15) is 5.56 Å². The van der Waals surface area contributed by atoms with Crippen LogP contribution in [0.2, 0.25) is 0 Å². The van der Waals surface area contributed by atoms with E-state index >= 15 is 0 Å². The topological polar surface area (TPSA) is 86.0 Å². The summed E-state index contributed by atoms with van der Waals surface area (Å²) in [6.07, 6.45) is 1.28. The highest BCUT2D eigenvalue weighted by atomic mass is 19.1. The van der Waals surface area contributed by atoms with Crippen LogP contribution < -0.4 is 14.9 Å². The third kappa shape index (κ3) is 3.94. The predicted molar refractivity (Wildman–Crippen MR) is 83.8 cm³/mol. The Balaban J connectivity index is 2.28. The summed E-state index contributed by atoms with van der Waals surface area (Å²) in [4.78, 5) is 10.6. The van der Waals surface area contributed by atoms with Crippen molar-refractivity contribution in [2.24, 2.45) is 5.10 Å². The van der Waals surface area contributed by atoms with Crippen molar-refractivity contribution in [3.63, 3.8) is 0 Å². The summed E-state index contributed by atoms with van der Waals surface area (Å²) < 4.78 is 23.0. The SMILES string of the molecule is COc1cc(/C=N\Nc2ccc(F)cc2)c([N+](=O)[O-])cc1OC. The van der Waals surface area contributed by atoms with Crippen LogP contribution in [0.25, 0.3) is 0 Å². The van der Waals surface area contributed by atoms with Gasteiger partial charge in [0.2, 0.25) is 0 Å². The van der Waals surface area contributed by atoms with Crippen molar-refractivity contribution in [1.82, 2.24) is 0 Å². The second kappa shape index (κ2) is 7.21. The number of nitrogens with one attached hydrogen (secondary N) is 1. The van der Waals surface area contributed by atoms with E-state index in [1.54, 1.807) is 0 Å². The van der Waals surface area contributed by atoms with E-state index in [2.05, 4.69) is 10.5 Å². The lowest BCUT2D eigenvalue weighted by atomic mass is 10.1. The number of hydrogen-bond acceptors (Lipinski definition) is 6. The van der Waals surface area contributed by atoms with E-state index in [1.165, 1.54) is 56.8 Å². The number of nitro groups is 1. The van der Waals surface area contributed by atoms with Crippen molar-refractivity contribution in [2.45, 2.75) is 0 Å². The molecule has 0 radical (unpaired) electrons. The maximum absolute atomic E-state index is 12.8. The second-order valence-electron chi connectivity index (χ2n) is 4.40. The molecule has 0 aliphatic heterocycles. The van der Waals surface area contributed by atoms with Gasteiger partial charge in [-0.2, -0.15) is 5.10 Å². The van der Waals surface area contributed by atoms with E-state index in [9.17, 15) is 14.5 Å². The molecule has 0 unspecified atom stereocenters. The van der Waals surface area contributed by atoms with Gasteiger partial charge in [-0.1, -0.05) is 0 Å². The molecule has 8 heteroatoms. The third-order valence-electron chi connectivity index (χ3n) is 2.97. The maximum atomic E-state index is 12.8. The normalized spacial score (nSPS) is 10.6. The Hall–Kier alpha value is -3.16. The molecule has 23 heavy (non-hydrogen) atoms. The number of methoxy groups -OCH3 is 2. The largest absolute Gasteiger partial charge is 0.493 e. The molecule has 0 bridgehead atoms. The van der Waals surface area contributed by atoms with Gasteiger partial charge in [0.05, 0.1) is 42.7 Å².